The molecular weight excluding hydrogens is 230 g/mol. The summed E-state index contributed by atoms with van der Waals surface area (Å²) >= 11 is 0. The second-order valence-corrected chi connectivity index (χ2v) is 5.42. The maximum Gasteiger partial charge on any atom is 0.231 e. The Morgan fingerprint density at radius 1 is 1.28 bits per heavy atom. The monoisotopic (exact) mass is 249 g/mol. The number of amides is 1. The molecule has 18 heavy (non-hydrogen) atoms. The molecule has 1 saturated heterocycles. The maximum absolute atomic E-state index is 11.3. The molecule has 1 aliphatic heterocycles. The molecule has 1 aliphatic carbocycles. The van der Waals surface area contributed by atoms with Gasteiger partial charge in [-0.2, -0.15) is 4.98 Å². The van der Waals surface area contributed by atoms with Gasteiger partial charge < -0.3 is 9.42 Å². The Morgan fingerprint density at radius 2 is 2.06 bits per heavy atom. The van der Waals surface area contributed by atoms with Crippen molar-refractivity contribution in [2.75, 3.05) is 13.1 Å². The molecule has 1 aromatic heterocycles. The van der Waals surface area contributed by atoms with Crippen molar-refractivity contribution in [1.82, 2.24) is 15.0 Å². The molecule has 0 radical (unpaired) electrons. The Kier molecular flexibility index (Phi) is 3.06. The molecule has 0 N–H and O–H groups in total. The van der Waals surface area contributed by atoms with E-state index < -0.39 is 0 Å². The van der Waals surface area contributed by atoms with Crippen LogP contribution in [0, 0.1) is 0 Å². The molecule has 1 atom stereocenters. The number of carbonyl (C=O) groups is 1. The van der Waals surface area contributed by atoms with Gasteiger partial charge in [-0.1, -0.05) is 18.0 Å². The van der Waals surface area contributed by atoms with Crippen molar-refractivity contribution in [3.05, 3.63) is 11.7 Å². The van der Waals surface area contributed by atoms with Gasteiger partial charge in [-0.3, -0.25) is 4.79 Å². The van der Waals surface area contributed by atoms with Crippen LogP contribution in [0.3, 0.4) is 0 Å². The van der Waals surface area contributed by atoms with E-state index in [4.69, 9.17) is 4.52 Å². The Hall–Kier alpha value is -1.39. The molecule has 2 fully saturated rings. The third-order valence-corrected chi connectivity index (χ3v) is 4.16. The Bertz CT molecular complexity index is 437. The minimum atomic E-state index is 0.132. The molecule has 1 aromatic rings. The van der Waals surface area contributed by atoms with Gasteiger partial charge in [-0.05, 0) is 19.3 Å². The highest BCUT2D eigenvalue weighted by atomic mass is 16.5. The van der Waals surface area contributed by atoms with Gasteiger partial charge >= 0.3 is 0 Å². The highest BCUT2D eigenvalue weighted by Gasteiger charge is 2.31. The maximum atomic E-state index is 11.3. The molecule has 5 nitrogen and oxygen atoms in total. The SMILES string of the molecule is CC(=O)N1CC[C@H](c2nc(C3CCCC3)no2)C1. The average molecular weight is 249 g/mol. The van der Waals surface area contributed by atoms with Gasteiger partial charge in [0.25, 0.3) is 0 Å². The van der Waals surface area contributed by atoms with Gasteiger partial charge in [0.1, 0.15) is 0 Å². The number of carbonyl (C=O) groups excluding carboxylic acids is 1. The van der Waals surface area contributed by atoms with Crippen LogP contribution in [0.5, 0.6) is 0 Å². The summed E-state index contributed by atoms with van der Waals surface area (Å²) in [5, 5.41) is 4.12. The molecule has 5 heteroatoms. The highest BCUT2D eigenvalue weighted by Crippen LogP contribution is 2.34. The van der Waals surface area contributed by atoms with E-state index in [1.807, 2.05) is 4.90 Å². The van der Waals surface area contributed by atoms with Crippen molar-refractivity contribution in [2.24, 2.45) is 0 Å². The van der Waals surface area contributed by atoms with Crippen molar-refractivity contribution in [1.29, 1.82) is 0 Å². The summed E-state index contributed by atoms with van der Waals surface area (Å²) in [6.45, 7) is 3.14. The normalized spacial score (nSPS) is 24.9. The fourth-order valence-electron chi connectivity index (χ4n) is 3.01. The van der Waals surface area contributed by atoms with Gasteiger partial charge in [0.05, 0.1) is 5.92 Å². The molecule has 98 valence electrons. The molecule has 1 amide bonds. The number of rotatable bonds is 2. The van der Waals surface area contributed by atoms with Gasteiger partial charge in [0.15, 0.2) is 5.82 Å². The fourth-order valence-corrected chi connectivity index (χ4v) is 3.01. The van der Waals surface area contributed by atoms with Crippen LogP contribution in [0.2, 0.25) is 0 Å². The summed E-state index contributed by atoms with van der Waals surface area (Å²) in [6, 6.07) is 0. The predicted molar refractivity (Wildman–Crippen MR) is 65.1 cm³/mol. The van der Waals surface area contributed by atoms with Crippen LogP contribution in [0.25, 0.3) is 0 Å². The number of hydrogen-bond acceptors (Lipinski definition) is 4. The second-order valence-electron chi connectivity index (χ2n) is 5.42. The lowest BCUT2D eigenvalue weighted by Gasteiger charge is -2.11. The van der Waals surface area contributed by atoms with Crippen LogP contribution in [-0.2, 0) is 4.79 Å². The molecule has 2 aliphatic rings. The second kappa shape index (κ2) is 4.71. The highest BCUT2D eigenvalue weighted by molar-refractivity contribution is 5.73. The Morgan fingerprint density at radius 3 is 2.72 bits per heavy atom. The minimum absolute atomic E-state index is 0.132. The first kappa shape index (κ1) is 11.7. The molecule has 3 rings (SSSR count). The van der Waals surface area contributed by atoms with E-state index in [0.29, 0.717) is 5.92 Å². The average Bonchev–Trinajstić information content (AvgIpc) is 3.10. The lowest BCUT2D eigenvalue weighted by atomic mass is 10.1. The number of hydrogen-bond donors (Lipinski definition) is 0. The van der Waals surface area contributed by atoms with E-state index in [1.165, 1.54) is 25.7 Å². The van der Waals surface area contributed by atoms with Crippen molar-refractivity contribution < 1.29 is 9.32 Å². The summed E-state index contributed by atoms with van der Waals surface area (Å²) in [5.74, 6) is 2.46. The van der Waals surface area contributed by atoms with Gasteiger partial charge in [0, 0.05) is 25.9 Å². The zero-order valence-corrected chi connectivity index (χ0v) is 10.8. The molecule has 0 bridgehead atoms. The van der Waals surface area contributed by atoms with E-state index in [-0.39, 0.29) is 11.8 Å². The molecule has 2 heterocycles. The summed E-state index contributed by atoms with van der Waals surface area (Å²) < 4.78 is 5.39. The largest absolute Gasteiger partial charge is 0.342 e. The van der Waals surface area contributed by atoms with Crippen LogP contribution in [0.4, 0.5) is 0 Å². The summed E-state index contributed by atoms with van der Waals surface area (Å²) in [4.78, 5) is 17.7. The number of nitrogens with zero attached hydrogens (tertiary/aromatic N) is 3. The van der Waals surface area contributed by atoms with Crippen LogP contribution in [0.15, 0.2) is 4.52 Å². The van der Waals surface area contributed by atoms with Gasteiger partial charge in [-0.15, -0.1) is 0 Å². The van der Waals surface area contributed by atoms with Crippen molar-refractivity contribution in [2.45, 2.75) is 50.9 Å². The molecule has 0 unspecified atom stereocenters. The van der Waals surface area contributed by atoms with Gasteiger partial charge in [-0.25, -0.2) is 0 Å². The smallest absolute Gasteiger partial charge is 0.231 e. The molecule has 0 spiro atoms. The third kappa shape index (κ3) is 2.13. The lowest BCUT2D eigenvalue weighted by molar-refractivity contribution is -0.127. The third-order valence-electron chi connectivity index (χ3n) is 4.16. The predicted octanol–water partition coefficient (Wildman–Crippen LogP) is 2.06. The molecular formula is C13H19N3O2. The minimum Gasteiger partial charge on any atom is -0.342 e. The van der Waals surface area contributed by atoms with Crippen molar-refractivity contribution in [3.63, 3.8) is 0 Å². The Balaban J connectivity index is 1.68. The van der Waals surface area contributed by atoms with Crippen molar-refractivity contribution >= 4 is 5.91 Å². The van der Waals surface area contributed by atoms with E-state index >= 15 is 0 Å². The standard InChI is InChI=1S/C13H19N3O2/c1-9(17)16-7-6-11(8-16)13-14-12(15-18-13)10-4-2-3-5-10/h10-11H,2-8H2,1H3/t11-/m0/s1. The van der Waals surface area contributed by atoms with Crippen LogP contribution in [0.1, 0.15) is 62.6 Å². The van der Waals surface area contributed by atoms with Crippen molar-refractivity contribution in [3.8, 4) is 0 Å². The summed E-state index contributed by atoms with van der Waals surface area (Å²) in [5.41, 5.74) is 0. The zero-order chi connectivity index (χ0) is 12.5. The summed E-state index contributed by atoms with van der Waals surface area (Å²) in [7, 11) is 0. The first-order valence-electron chi connectivity index (χ1n) is 6.83. The first-order valence-corrected chi connectivity index (χ1v) is 6.83. The Labute approximate surface area is 107 Å². The van der Waals surface area contributed by atoms with Gasteiger partial charge in [0.2, 0.25) is 11.8 Å². The van der Waals surface area contributed by atoms with E-state index in [1.54, 1.807) is 6.92 Å². The number of likely N-dealkylation sites (tertiary alicyclic amines) is 1. The molecule has 0 aromatic carbocycles. The quantitative estimate of drug-likeness (QED) is 0.805. The zero-order valence-electron chi connectivity index (χ0n) is 10.8. The topological polar surface area (TPSA) is 59.2 Å². The van der Waals surface area contributed by atoms with Crippen LogP contribution in [-0.4, -0.2) is 34.0 Å². The van der Waals surface area contributed by atoms with Crippen LogP contribution >= 0.6 is 0 Å². The fraction of sp³-hybridized carbons (Fsp3) is 0.769. The number of aromatic nitrogens is 2. The van der Waals surface area contributed by atoms with E-state index in [2.05, 4.69) is 10.1 Å². The first-order chi connectivity index (χ1) is 8.74. The van der Waals surface area contributed by atoms with Crippen LogP contribution < -0.4 is 0 Å². The van der Waals surface area contributed by atoms with E-state index in [9.17, 15) is 4.79 Å². The molecule has 1 saturated carbocycles. The van der Waals surface area contributed by atoms with E-state index in [0.717, 1.165) is 31.2 Å². The lowest BCUT2D eigenvalue weighted by Crippen LogP contribution is -2.25. The summed E-state index contributed by atoms with van der Waals surface area (Å²) in [6.07, 6.45) is 5.85.